The van der Waals surface area contributed by atoms with Gasteiger partial charge in [-0.2, -0.15) is 8.78 Å². The van der Waals surface area contributed by atoms with Crippen LogP contribution in [0.1, 0.15) is 15.9 Å². The van der Waals surface area contributed by atoms with Crippen LogP contribution >= 0.6 is 11.6 Å². The Morgan fingerprint density at radius 3 is 2.39 bits per heavy atom. The van der Waals surface area contributed by atoms with E-state index in [1.54, 1.807) is 11.0 Å². The minimum Gasteiger partial charge on any atom is -0.434 e. The minimum absolute atomic E-state index is 0.0792. The third kappa shape index (κ3) is 6.90. The molecule has 1 N–H and O–H groups in total. The molecule has 0 atom stereocenters. The Morgan fingerprint density at radius 2 is 1.71 bits per heavy atom. The van der Waals surface area contributed by atoms with Crippen molar-refractivity contribution in [2.45, 2.75) is 13.0 Å². The SMILES string of the molecule is O=C(CN1CCN(C(=O)c2ccccc2OC(F)F)CC1)NCCc1ccc(Cl)cc1. The number of rotatable bonds is 8. The number of ether oxygens (including phenoxy) is 1. The van der Waals surface area contributed by atoms with Crippen molar-refractivity contribution in [3.05, 3.63) is 64.7 Å². The van der Waals surface area contributed by atoms with Crippen LogP contribution in [-0.4, -0.2) is 67.5 Å². The van der Waals surface area contributed by atoms with Crippen molar-refractivity contribution in [3.8, 4) is 5.75 Å². The minimum atomic E-state index is -3.00. The number of halogens is 3. The van der Waals surface area contributed by atoms with Crippen molar-refractivity contribution in [1.82, 2.24) is 15.1 Å². The topological polar surface area (TPSA) is 61.9 Å². The van der Waals surface area contributed by atoms with Crippen LogP contribution in [0.4, 0.5) is 8.78 Å². The van der Waals surface area contributed by atoms with Gasteiger partial charge in [-0.05, 0) is 36.2 Å². The first-order valence-electron chi connectivity index (χ1n) is 9.99. The molecule has 0 radical (unpaired) electrons. The smallest absolute Gasteiger partial charge is 0.387 e. The van der Waals surface area contributed by atoms with Gasteiger partial charge in [-0.25, -0.2) is 0 Å². The fourth-order valence-corrected chi connectivity index (χ4v) is 3.50. The fraction of sp³-hybridized carbons (Fsp3) is 0.364. The summed E-state index contributed by atoms with van der Waals surface area (Å²) in [6.07, 6.45) is 0.714. The molecule has 0 bridgehead atoms. The monoisotopic (exact) mass is 451 g/mol. The Kier molecular flexibility index (Phi) is 8.20. The second kappa shape index (κ2) is 11.1. The quantitative estimate of drug-likeness (QED) is 0.670. The summed E-state index contributed by atoms with van der Waals surface area (Å²) in [5.74, 6) is -0.572. The van der Waals surface area contributed by atoms with Gasteiger partial charge >= 0.3 is 6.61 Å². The van der Waals surface area contributed by atoms with Gasteiger partial charge in [-0.15, -0.1) is 0 Å². The lowest BCUT2D eigenvalue weighted by Crippen LogP contribution is -2.51. The van der Waals surface area contributed by atoms with Crippen LogP contribution < -0.4 is 10.1 Å². The number of nitrogens with one attached hydrogen (secondary N) is 1. The van der Waals surface area contributed by atoms with E-state index in [1.807, 2.05) is 29.2 Å². The summed E-state index contributed by atoms with van der Waals surface area (Å²) in [6, 6.07) is 13.5. The average Bonchev–Trinajstić information content (AvgIpc) is 2.75. The average molecular weight is 452 g/mol. The van der Waals surface area contributed by atoms with E-state index in [1.165, 1.54) is 18.2 Å². The Morgan fingerprint density at radius 1 is 1.03 bits per heavy atom. The highest BCUT2D eigenvalue weighted by molar-refractivity contribution is 6.30. The Hall–Kier alpha value is -2.71. The first kappa shape index (κ1) is 23.0. The number of hydrogen-bond donors (Lipinski definition) is 1. The molecule has 1 saturated heterocycles. The van der Waals surface area contributed by atoms with Crippen molar-refractivity contribution in [2.24, 2.45) is 0 Å². The van der Waals surface area contributed by atoms with Gasteiger partial charge in [0.25, 0.3) is 5.91 Å². The number of hydrogen-bond acceptors (Lipinski definition) is 4. The van der Waals surface area contributed by atoms with Gasteiger partial charge in [0.2, 0.25) is 5.91 Å². The van der Waals surface area contributed by atoms with Crippen molar-refractivity contribution in [2.75, 3.05) is 39.3 Å². The Balaban J connectivity index is 1.42. The van der Waals surface area contributed by atoms with E-state index in [0.717, 1.165) is 5.56 Å². The maximum Gasteiger partial charge on any atom is 0.387 e. The molecule has 0 aliphatic carbocycles. The van der Waals surface area contributed by atoms with Gasteiger partial charge < -0.3 is 15.0 Å². The van der Waals surface area contributed by atoms with E-state index in [4.69, 9.17) is 11.6 Å². The van der Waals surface area contributed by atoms with E-state index >= 15 is 0 Å². The molecule has 9 heteroatoms. The molecule has 0 spiro atoms. The van der Waals surface area contributed by atoms with E-state index < -0.39 is 6.61 Å². The van der Waals surface area contributed by atoms with Crippen LogP contribution in [0.5, 0.6) is 5.75 Å². The van der Waals surface area contributed by atoms with E-state index in [2.05, 4.69) is 10.1 Å². The van der Waals surface area contributed by atoms with Crippen LogP contribution in [0.25, 0.3) is 0 Å². The number of carbonyl (C=O) groups excluding carboxylic acids is 2. The third-order valence-electron chi connectivity index (χ3n) is 5.01. The highest BCUT2D eigenvalue weighted by atomic mass is 35.5. The van der Waals surface area contributed by atoms with Crippen molar-refractivity contribution in [1.29, 1.82) is 0 Å². The van der Waals surface area contributed by atoms with Crippen LogP contribution in [-0.2, 0) is 11.2 Å². The number of piperazine rings is 1. The Bertz CT molecular complexity index is 888. The first-order chi connectivity index (χ1) is 14.9. The Labute approximate surface area is 184 Å². The molecule has 0 saturated carbocycles. The lowest BCUT2D eigenvalue weighted by atomic mass is 10.1. The molecule has 2 aromatic carbocycles. The molecule has 2 amide bonds. The van der Waals surface area contributed by atoms with Crippen LogP contribution in [0, 0.1) is 0 Å². The summed E-state index contributed by atoms with van der Waals surface area (Å²) in [5, 5.41) is 3.57. The number of alkyl halides is 2. The van der Waals surface area contributed by atoms with E-state index in [9.17, 15) is 18.4 Å². The first-order valence-corrected chi connectivity index (χ1v) is 10.4. The van der Waals surface area contributed by atoms with Gasteiger partial charge in [0.15, 0.2) is 0 Å². The predicted molar refractivity (Wildman–Crippen MR) is 114 cm³/mol. The van der Waals surface area contributed by atoms with Gasteiger partial charge in [0.1, 0.15) is 5.75 Å². The zero-order chi connectivity index (χ0) is 22.2. The molecule has 1 fully saturated rings. The van der Waals surface area contributed by atoms with Crippen molar-refractivity contribution >= 4 is 23.4 Å². The number of carbonyl (C=O) groups is 2. The van der Waals surface area contributed by atoms with Gasteiger partial charge in [0, 0.05) is 37.7 Å². The van der Waals surface area contributed by atoms with Gasteiger partial charge in [-0.3, -0.25) is 14.5 Å². The molecule has 0 unspecified atom stereocenters. The lowest BCUT2D eigenvalue weighted by Gasteiger charge is -2.34. The number of nitrogens with zero attached hydrogens (tertiary/aromatic N) is 2. The summed E-state index contributed by atoms with van der Waals surface area (Å²) >= 11 is 5.86. The number of amides is 2. The van der Waals surface area contributed by atoms with Crippen LogP contribution in [0.15, 0.2) is 48.5 Å². The molecule has 6 nitrogen and oxygen atoms in total. The van der Waals surface area contributed by atoms with Crippen LogP contribution in [0.3, 0.4) is 0 Å². The fourth-order valence-electron chi connectivity index (χ4n) is 3.38. The predicted octanol–water partition coefficient (Wildman–Crippen LogP) is 3.06. The summed E-state index contributed by atoms with van der Waals surface area (Å²) in [4.78, 5) is 28.5. The maximum atomic E-state index is 12.7. The molecule has 1 aliphatic heterocycles. The normalized spacial score (nSPS) is 14.5. The zero-order valence-electron chi connectivity index (χ0n) is 16.9. The van der Waals surface area contributed by atoms with Crippen molar-refractivity contribution < 1.29 is 23.1 Å². The third-order valence-corrected chi connectivity index (χ3v) is 5.26. The molecule has 31 heavy (non-hydrogen) atoms. The maximum absolute atomic E-state index is 12.7. The highest BCUT2D eigenvalue weighted by Crippen LogP contribution is 2.22. The second-order valence-corrected chi connectivity index (χ2v) is 7.61. The molecule has 166 valence electrons. The van der Waals surface area contributed by atoms with E-state index in [-0.39, 0.29) is 29.7 Å². The van der Waals surface area contributed by atoms with Gasteiger partial charge in [0.05, 0.1) is 12.1 Å². The summed E-state index contributed by atoms with van der Waals surface area (Å²) < 4.78 is 29.6. The largest absolute Gasteiger partial charge is 0.434 e. The number of para-hydroxylation sites is 1. The van der Waals surface area contributed by atoms with Crippen molar-refractivity contribution in [3.63, 3.8) is 0 Å². The molecule has 0 aromatic heterocycles. The molecule has 1 aliphatic rings. The van der Waals surface area contributed by atoms with E-state index in [0.29, 0.717) is 44.2 Å². The summed E-state index contributed by atoms with van der Waals surface area (Å²) in [6.45, 7) is -0.375. The lowest BCUT2D eigenvalue weighted by molar-refractivity contribution is -0.122. The molecular formula is C22H24ClF2N3O3. The molecule has 3 rings (SSSR count). The summed E-state index contributed by atoms with van der Waals surface area (Å²) in [7, 11) is 0. The summed E-state index contributed by atoms with van der Waals surface area (Å²) in [5.41, 5.74) is 1.20. The number of benzene rings is 2. The molecule has 1 heterocycles. The zero-order valence-corrected chi connectivity index (χ0v) is 17.7. The molecular weight excluding hydrogens is 428 g/mol. The molecule has 2 aromatic rings. The second-order valence-electron chi connectivity index (χ2n) is 7.17. The van der Waals surface area contributed by atoms with Gasteiger partial charge in [-0.1, -0.05) is 35.9 Å². The highest BCUT2D eigenvalue weighted by Gasteiger charge is 2.25. The standard InChI is InChI=1S/C22H24ClF2N3O3/c23-17-7-5-16(6-8-17)9-10-26-20(29)15-27-11-13-28(14-12-27)21(30)18-3-1-2-4-19(18)31-22(24)25/h1-8,22H,9-15H2,(H,26,29). The van der Waals surface area contributed by atoms with Crippen LogP contribution in [0.2, 0.25) is 5.02 Å².